The first kappa shape index (κ1) is 50.5. The molecule has 8 nitrogen and oxygen atoms in total. The maximum absolute atomic E-state index is 12.4. The van der Waals surface area contributed by atoms with Crippen molar-refractivity contribution in [2.45, 2.75) is 225 Å². The molecule has 0 bridgehead atoms. The lowest BCUT2D eigenvalue weighted by atomic mass is 10.1. The van der Waals surface area contributed by atoms with Crippen molar-refractivity contribution in [2.24, 2.45) is 0 Å². The van der Waals surface area contributed by atoms with Crippen molar-refractivity contribution in [1.29, 1.82) is 0 Å². The number of esters is 2. The molecule has 0 aliphatic rings. The molecule has 0 amide bonds. The third kappa shape index (κ3) is 41.3. The van der Waals surface area contributed by atoms with E-state index in [2.05, 4.69) is 42.7 Å². The van der Waals surface area contributed by atoms with Gasteiger partial charge in [0.05, 0.1) is 6.61 Å². The summed E-state index contributed by atoms with van der Waals surface area (Å²) in [7, 11) is -4.75. The molecule has 52 heavy (non-hydrogen) atoms. The normalized spacial score (nSPS) is 12.6. The van der Waals surface area contributed by atoms with E-state index >= 15 is 0 Å². The summed E-state index contributed by atoms with van der Waals surface area (Å²) in [6, 6.07) is 0. The monoisotopic (exact) mass is 757 g/mol. The zero-order valence-electron chi connectivity index (χ0n) is 33.7. The van der Waals surface area contributed by atoms with Gasteiger partial charge in [-0.2, -0.15) is 0 Å². The molecule has 2 N–H and O–H groups in total. The summed E-state index contributed by atoms with van der Waals surface area (Å²) >= 11 is 0. The second-order valence-corrected chi connectivity index (χ2v) is 15.9. The number of hydrogen-bond donors (Lipinski definition) is 2. The van der Waals surface area contributed by atoms with Crippen molar-refractivity contribution in [2.75, 3.05) is 13.2 Å². The Kier molecular flexibility index (Phi) is 38.1. The Bertz CT molecular complexity index is 900. The molecule has 1 atom stereocenters. The van der Waals surface area contributed by atoms with Gasteiger partial charge in [0, 0.05) is 12.8 Å². The van der Waals surface area contributed by atoms with Crippen LogP contribution in [0.25, 0.3) is 0 Å². The van der Waals surface area contributed by atoms with Gasteiger partial charge in [0.2, 0.25) is 0 Å². The van der Waals surface area contributed by atoms with Gasteiger partial charge in [-0.15, -0.1) is 0 Å². The predicted molar refractivity (Wildman–Crippen MR) is 216 cm³/mol. The van der Waals surface area contributed by atoms with Gasteiger partial charge in [-0.3, -0.25) is 14.1 Å². The lowest BCUT2D eigenvalue weighted by Crippen LogP contribution is -2.29. The minimum absolute atomic E-state index is 0.204. The molecule has 0 heterocycles. The highest BCUT2D eigenvalue weighted by molar-refractivity contribution is 7.46. The zero-order valence-corrected chi connectivity index (χ0v) is 34.6. The van der Waals surface area contributed by atoms with E-state index in [1.807, 2.05) is 0 Å². The fourth-order valence-corrected chi connectivity index (χ4v) is 6.55. The van der Waals surface area contributed by atoms with E-state index in [1.54, 1.807) is 0 Å². The van der Waals surface area contributed by atoms with Crippen LogP contribution in [-0.4, -0.2) is 41.0 Å². The Morgan fingerprint density at radius 1 is 0.481 bits per heavy atom. The van der Waals surface area contributed by atoms with Crippen molar-refractivity contribution in [3.63, 3.8) is 0 Å². The van der Waals surface area contributed by atoms with Crippen LogP contribution in [0.4, 0.5) is 0 Å². The highest BCUT2D eigenvalue weighted by Gasteiger charge is 2.22. The first-order chi connectivity index (χ1) is 25.3. The van der Waals surface area contributed by atoms with Crippen LogP contribution < -0.4 is 0 Å². The van der Waals surface area contributed by atoms with Gasteiger partial charge in [0.25, 0.3) is 0 Å². The number of unbranched alkanes of at least 4 members (excludes halogenated alkanes) is 26. The third-order valence-corrected chi connectivity index (χ3v) is 9.93. The number of rotatable bonds is 40. The number of allylic oxidation sites excluding steroid dienone is 4. The van der Waals surface area contributed by atoms with Crippen LogP contribution in [0.5, 0.6) is 0 Å². The fraction of sp³-hybridized carbons (Fsp3) is 0.860. The van der Waals surface area contributed by atoms with E-state index < -0.39 is 32.5 Å². The van der Waals surface area contributed by atoms with Crippen LogP contribution >= 0.6 is 7.82 Å². The second-order valence-electron chi connectivity index (χ2n) is 14.7. The van der Waals surface area contributed by atoms with Gasteiger partial charge in [-0.05, 0) is 64.2 Å². The molecule has 0 aromatic carbocycles. The van der Waals surface area contributed by atoms with Crippen molar-refractivity contribution < 1.29 is 37.9 Å². The van der Waals surface area contributed by atoms with Crippen molar-refractivity contribution in [1.82, 2.24) is 0 Å². The van der Waals surface area contributed by atoms with Gasteiger partial charge >= 0.3 is 19.8 Å². The molecule has 0 radical (unpaired) electrons. The van der Waals surface area contributed by atoms with Gasteiger partial charge in [-0.1, -0.05) is 167 Å². The van der Waals surface area contributed by atoms with E-state index in [0.29, 0.717) is 6.42 Å². The molecule has 0 aromatic heterocycles. The minimum atomic E-state index is -4.75. The predicted octanol–water partition coefficient (Wildman–Crippen LogP) is 13.2. The van der Waals surface area contributed by atoms with Crippen LogP contribution in [0.15, 0.2) is 24.3 Å². The summed E-state index contributed by atoms with van der Waals surface area (Å²) in [5, 5.41) is 0. The van der Waals surface area contributed by atoms with E-state index in [4.69, 9.17) is 19.3 Å². The molecule has 0 saturated heterocycles. The largest absolute Gasteiger partial charge is 0.469 e. The summed E-state index contributed by atoms with van der Waals surface area (Å²) in [6.45, 7) is 3.68. The lowest BCUT2D eigenvalue weighted by Gasteiger charge is -2.18. The van der Waals surface area contributed by atoms with Crippen molar-refractivity contribution in [3.8, 4) is 0 Å². The van der Waals surface area contributed by atoms with Crippen molar-refractivity contribution >= 4 is 19.8 Å². The maximum Gasteiger partial charge on any atom is 0.469 e. The Labute approximate surface area is 319 Å². The molecule has 9 heteroatoms. The van der Waals surface area contributed by atoms with E-state index in [9.17, 15) is 14.2 Å². The number of carbonyl (C=O) groups is 2. The fourth-order valence-electron chi connectivity index (χ4n) is 6.19. The summed E-state index contributed by atoms with van der Waals surface area (Å²) in [5.41, 5.74) is 0. The van der Waals surface area contributed by atoms with Gasteiger partial charge in [0.1, 0.15) is 6.61 Å². The number of ether oxygens (including phenoxy) is 2. The maximum atomic E-state index is 12.4. The van der Waals surface area contributed by atoms with Crippen LogP contribution in [0.1, 0.15) is 219 Å². The van der Waals surface area contributed by atoms with Crippen molar-refractivity contribution in [3.05, 3.63) is 24.3 Å². The molecule has 0 saturated carbocycles. The van der Waals surface area contributed by atoms with Crippen LogP contribution in [0.2, 0.25) is 0 Å². The highest BCUT2D eigenvalue weighted by Crippen LogP contribution is 2.36. The molecule has 0 unspecified atom stereocenters. The average Bonchev–Trinajstić information content (AvgIpc) is 3.11. The van der Waals surface area contributed by atoms with Gasteiger partial charge < -0.3 is 19.3 Å². The molecule has 0 aliphatic carbocycles. The SMILES string of the molecule is CCCCCCCC/C=C/CCCCCCCCCCCC(=O)OC[C@H](COP(=O)(O)O)OC(=O)CCCCCCC/C=C/CCCCCCCC. The van der Waals surface area contributed by atoms with Gasteiger partial charge in [0.15, 0.2) is 6.10 Å². The number of hydrogen-bond acceptors (Lipinski definition) is 6. The summed E-state index contributed by atoms with van der Waals surface area (Å²) in [4.78, 5) is 42.9. The molecule has 0 aliphatic heterocycles. The Hall–Kier alpha value is -1.47. The molecule has 0 rings (SSSR count). The Morgan fingerprint density at radius 2 is 0.808 bits per heavy atom. The van der Waals surface area contributed by atoms with Crippen LogP contribution in [0.3, 0.4) is 0 Å². The molecular formula is C43H81O8P. The Morgan fingerprint density at radius 3 is 1.17 bits per heavy atom. The quantitative estimate of drug-likeness (QED) is 0.0274. The minimum Gasteiger partial charge on any atom is -0.462 e. The average molecular weight is 757 g/mol. The summed E-state index contributed by atoms with van der Waals surface area (Å²) in [6.07, 6.45) is 44.7. The Balaban J connectivity index is 3.89. The highest BCUT2D eigenvalue weighted by atomic mass is 31.2. The first-order valence-corrected chi connectivity index (χ1v) is 23.2. The lowest BCUT2D eigenvalue weighted by molar-refractivity contribution is -0.161. The smallest absolute Gasteiger partial charge is 0.462 e. The van der Waals surface area contributed by atoms with E-state index in [1.165, 1.54) is 135 Å². The van der Waals surface area contributed by atoms with Crippen LogP contribution in [-0.2, 0) is 28.2 Å². The number of phosphoric ester groups is 1. The topological polar surface area (TPSA) is 119 Å². The first-order valence-electron chi connectivity index (χ1n) is 21.6. The van der Waals surface area contributed by atoms with E-state index in [0.717, 1.165) is 51.4 Å². The second kappa shape index (κ2) is 39.2. The molecular weight excluding hydrogens is 675 g/mol. The molecule has 0 spiro atoms. The molecule has 306 valence electrons. The van der Waals surface area contributed by atoms with E-state index in [-0.39, 0.29) is 19.4 Å². The summed E-state index contributed by atoms with van der Waals surface area (Å²) < 4.78 is 26.4. The number of phosphoric acid groups is 1. The molecule has 0 aromatic rings. The summed E-state index contributed by atoms with van der Waals surface area (Å²) in [5.74, 6) is -0.890. The standard InChI is InChI=1S/C43H81O8P/c1-3-5-7-9-11-13-15-17-19-20-21-22-24-25-27-29-31-33-35-37-42(44)49-39-41(40-50-52(46,47)48)51-43(45)38-36-34-32-30-28-26-23-18-16-14-12-10-8-6-4-2/h17-19,23,41H,3-16,20-22,24-40H2,1-2H3,(H2,46,47,48)/b19-17+,23-18+/t41-/m1/s1. The number of carbonyl (C=O) groups excluding carboxylic acids is 2. The zero-order chi connectivity index (χ0) is 38.2. The van der Waals surface area contributed by atoms with Crippen LogP contribution in [0, 0.1) is 0 Å². The van der Waals surface area contributed by atoms with Gasteiger partial charge in [-0.25, -0.2) is 4.57 Å². The molecule has 0 fully saturated rings. The third-order valence-electron chi connectivity index (χ3n) is 9.44.